The van der Waals surface area contributed by atoms with Crippen molar-refractivity contribution < 1.29 is 26.7 Å². The van der Waals surface area contributed by atoms with E-state index in [1.165, 1.54) is 26.4 Å². The summed E-state index contributed by atoms with van der Waals surface area (Å²) in [4.78, 5) is -0.518. The van der Waals surface area contributed by atoms with Gasteiger partial charge in [-0.15, -0.1) is 0 Å². The number of methoxy groups -OCH3 is 2. The summed E-state index contributed by atoms with van der Waals surface area (Å²) in [6.07, 6.45) is 3.68. The zero-order valence-electron chi connectivity index (χ0n) is 15.7. The molecule has 1 atom stereocenters. The first-order valence-corrected chi connectivity index (χ1v) is 10.5. The van der Waals surface area contributed by atoms with Gasteiger partial charge in [0.15, 0.2) is 11.5 Å². The van der Waals surface area contributed by atoms with Gasteiger partial charge in [-0.3, -0.25) is 0 Å². The lowest BCUT2D eigenvalue weighted by Crippen LogP contribution is -2.33. The van der Waals surface area contributed by atoms with Crippen molar-refractivity contribution in [1.29, 1.82) is 0 Å². The molecule has 1 fully saturated rings. The van der Waals surface area contributed by atoms with E-state index in [1.54, 1.807) is 12.1 Å². The second-order valence-electron chi connectivity index (χ2n) is 6.83. The fourth-order valence-corrected chi connectivity index (χ4v) is 5.04. The molecule has 0 aliphatic heterocycles. The standard InChI is InChI=1S/C20H23F2NO4S/c1-26-17-11-16(22)19(12-18(17)27-2)28(24,25)23-20(13-5-3-4-6-13)14-7-9-15(21)10-8-14/h7-13,20,23H,3-6H2,1-2H3/t20-/m1/s1. The van der Waals surface area contributed by atoms with E-state index in [4.69, 9.17) is 9.47 Å². The maximum atomic E-state index is 14.5. The van der Waals surface area contributed by atoms with Crippen LogP contribution in [0.3, 0.4) is 0 Å². The average Bonchev–Trinajstić information content (AvgIpc) is 3.21. The summed E-state index contributed by atoms with van der Waals surface area (Å²) in [7, 11) is -1.51. The molecule has 1 aliphatic carbocycles. The molecule has 0 aromatic heterocycles. The Morgan fingerprint density at radius 3 is 2.14 bits per heavy atom. The van der Waals surface area contributed by atoms with E-state index < -0.39 is 32.6 Å². The van der Waals surface area contributed by atoms with Crippen LogP contribution in [0.4, 0.5) is 8.78 Å². The predicted octanol–water partition coefficient (Wildman–Crippen LogP) is 4.19. The molecule has 0 saturated heterocycles. The van der Waals surface area contributed by atoms with Gasteiger partial charge in [0.2, 0.25) is 10.0 Å². The topological polar surface area (TPSA) is 64.6 Å². The molecule has 1 saturated carbocycles. The number of ether oxygens (including phenoxy) is 2. The molecule has 0 heterocycles. The van der Waals surface area contributed by atoms with E-state index in [9.17, 15) is 17.2 Å². The molecule has 0 spiro atoms. The largest absolute Gasteiger partial charge is 0.493 e. The van der Waals surface area contributed by atoms with Gasteiger partial charge >= 0.3 is 0 Å². The minimum atomic E-state index is -4.20. The van der Waals surface area contributed by atoms with Crippen LogP contribution in [0.5, 0.6) is 11.5 Å². The minimum absolute atomic E-state index is 0.0587. The third-order valence-electron chi connectivity index (χ3n) is 5.11. The van der Waals surface area contributed by atoms with Gasteiger partial charge in [-0.2, -0.15) is 0 Å². The monoisotopic (exact) mass is 411 g/mol. The Morgan fingerprint density at radius 1 is 1.00 bits per heavy atom. The Balaban J connectivity index is 1.98. The van der Waals surface area contributed by atoms with Crippen LogP contribution in [0, 0.1) is 17.6 Å². The quantitative estimate of drug-likeness (QED) is 0.742. The Hall–Kier alpha value is -2.19. The summed E-state index contributed by atoms with van der Waals surface area (Å²) in [6.45, 7) is 0. The lowest BCUT2D eigenvalue weighted by molar-refractivity contribution is 0.350. The van der Waals surface area contributed by atoms with E-state index in [-0.39, 0.29) is 17.4 Å². The van der Waals surface area contributed by atoms with Gasteiger partial charge in [-0.25, -0.2) is 21.9 Å². The highest BCUT2D eigenvalue weighted by molar-refractivity contribution is 7.89. The molecule has 1 aliphatic rings. The van der Waals surface area contributed by atoms with E-state index in [0.29, 0.717) is 5.56 Å². The van der Waals surface area contributed by atoms with Crippen molar-refractivity contribution in [1.82, 2.24) is 4.72 Å². The van der Waals surface area contributed by atoms with Gasteiger partial charge in [0.25, 0.3) is 0 Å². The Labute approximate surface area is 163 Å². The number of nitrogens with one attached hydrogen (secondary N) is 1. The molecule has 152 valence electrons. The van der Waals surface area contributed by atoms with Crippen molar-refractivity contribution >= 4 is 10.0 Å². The predicted molar refractivity (Wildman–Crippen MR) is 101 cm³/mol. The lowest BCUT2D eigenvalue weighted by atomic mass is 9.92. The zero-order chi connectivity index (χ0) is 20.3. The van der Waals surface area contributed by atoms with Crippen LogP contribution in [0.2, 0.25) is 0 Å². The summed E-state index contributed by atoms with van der Waals surface area (Å²) in [5.41, 5.74) is 0.651. The number of hydrogen-bond acceptors (Lipinski definition) is 4. The molecule has 2 aromatic rings. The van der Waals surface area contributed by atoms with Gasteiger partial charge in [0, 0.05) is 18.2 Å². The first-order chi connectivity index (χ1) is 13.4. The number of hydrogen-bond donors (Lipinski definition) is 1. The van der Waals surface area contributed by atoms with Crippen LogP contribution in [-0.2, 0) is 10.0 Å². The normalized spacial score (nSPS) is 16.1. The zero-order valence-corrected chi connectivity index (χ0v) is 16.6. The molecular weight excluding hydrogens is 388 g/mol. The van der Waals surface area contributed by atoms with Crippen molar-refractivity contribution in [2.75, 3.05) is 14.2 Å². The maximum Gasteiger partial charge on any atom is 0.244 e. The summed E-state index contributed by atoms with van der Waals surface area (Å²) in [5, 5.41) is 0. The third kappa shape index (κ3) is 4.28. The molecule has 0 amide bonds. The van der Waals surface area contributed by atoms with E-state index in [2.05, 4.69) is 4.72 Å². The van der Waals surface area contributed by atoms with E-state index in [1.807, 2.05) is 0 Å². The molecule has 5 nitrogen and oxygen atoms in total. The fourth-order valence-electron chi connectivity index (χ4n) is 3.67. The van der Waals surface area contributed by atoms with Gasteiger partial charge in [-0.1, -0.05) is 25.0 Å². The molecule has 28 heavy (non-hydrogen) atoms. The first kappa shape index (κ1) is 20.5. The SMILES string of the molecule is COc1cc(F)c(S(=O)(=O)N[C@@H](c2ccc(F)cc2)C2CCCC2)cc1OC. The van der Waals surface area contributed by atoms with Gasteiger partial charge in [0.05, 0.1) is 14.2 Å². The van der Waals surface area contributed by atoms with Crippen molar-refractivity contribution in [2.24, 2.45) is 5.92 Å². The molecule has 0 unspecified atom stereocenters. The van der Waals surface area contributed by atoms with E-state index >= 15 is 0 Å². The lowest BCUT2D eigenvalue weighted by Gasteiger charge is -2.25. The second kappa shape index (κ2) is 8.45. The average molecular weight is 411 g/mol. The maximum absolute atomic E-state index is 14.5. The molecule has 8 heteroatoms. The molecule has 1 N–H and O–H groups in total. The number of rotatable bonds is 7. The van der Waals surface area contributed by atoms with E-state index in [0.717, 1.165) is 37.8 Å². The number of halogens is 2. The molecule has 3 rings (SSSR count). The summed E-state index contributed by atoms with van der Waals surface area (Å²) >= 11 is 0. The van der Waals surface area contributed by atoms with Gasteiger partial charge < -0.3 is 9.47 Å². The second-order valence-corrected chi connectivity index (χ2v) is 8.52. The Kier molecular flexibility index (Phi) is 6.20. The van der Waals surface area contributed by atoms with Crippen molar-refractivity contribution in [3.8, 4) is 11.5 Å². The van der Waals surface area contributed by atoms with Crippen LogP contribution in [-0.4, -0.2) is 22.6 Å². The summed E-state index contributed by atoms with van der Waals surface area (Å²) in [5.74, 6) is -1.06. The smallest absolute Gasteiger partial charge is 0.244 e. The van der Waals surface area contributed by atoms with Crippen molar-refractivity contribution in [2.45, 2.75) is 36.6 Å². The Bertz CT molecular complexity index is 926. The molecule has 0 radical (unpaired) electrons. The van der Waals surface area contributed by atoms with Crippen LogP contribution in [0.15, 0.2) is 41.3 Å². The first-order valence-electron chi connectivity index (χ1n) is 9.05. The highest BCUT2D eigenvalue weighted by Gasteiger charge is 2.32. The minimum Gasteiger partial charge on any atom is -0.493 e. The van der Waals surface area contributed by atoms with Crippen LogP contribution < -0.4 is 14.2 Å². The van der Waals surface area contributed by atoms with Crippen LogP contribution in [0.25, 0.3) is 0 Å². The van der Waals surface area contributed by atoms with Crippen LogP contribution >= 0.6 is 0 Å². The number of benzene rings is 2. The summed E-state index contributed by atoms with van der Waals surface area (Å²) < 4.78 is 66.6. The highest BCUT2D eigenvalue weighted by Crippen LogP contribution is 2.38. The van der Waals surface area contributed by atoms with Crippen molar-refractivity contribution in [3.05, 3.63) is 53.6 Å². The van der Waals surface area contributed by atoms with Gasteiger partial charge in [0.1, 0.15) is 16.5 Å². The van der Waals surface area contributed by atoms with Crippen LogP contribution in [0.1, 0.15) is 37.3 Å². The number of sulfonamides is 1. The fraction of sp³-hybridized carbons (Fsp3) is 0.400. The molecular formula is C20H23F2NO4S. The molecule has 0 bridgehead atoms. The Morgan fingerprint density at radius 2 is 1.57 bits per heavy atom. The van der Waals surface area contributed by atoms with Gasteiger partial charge in [-0.05, 0) is 36.5 Å². The van der Waals surface area contributed by atoms with Crippen molar-refractivity contribution in [3.63, 3.8) is 0 Å². The highest BCUT2D eigenvalue weighted by atomic mass is 32.2. The third-order valence-corrected chi connectivity index (χ3v) is 6.57. The summed E-state index contributed by atoms with van der Waals surface area (Å²) in [6, 6.07) is 7.23. The molecule has 2 aromatic carbocycles.